The van der Waals surface area contributed by atoms with Crippen LogP contribution in [0.25, 0.3) is 76.1 Å². The third kappa shape index (κ3) is 4.06. The van der Waals surface area contributed by atoms with Gasteiger partial charge in [0.2, 0.25) is 0 Å². The Morgan fingerprint density at radius 3 is 1.49 bits per heavy atom. The summed E-state index contributed by atoms with van der Waals surface area (Å²) in [6.45, 7) is 4.73. The van der Waals surface area contributed by atoms with Crippen LogP contribution in [0.5, 0.6) is 0 Å². The molecule has 1 aliphatic carbocycles. The van der Waals surface area contributed by atoms with Gasteiger partial charge in [0.05, 0.1) is 0 Å². The topological polar surface area (TPSA) is 25.8 Å². The molecule has 0 radical (unpaired) electrons. The number of nitrogens with zero attached hydrogens (tertiary/aromatic N) is 2. The Morgan fingerprint density at radius 1 is 0.467 bits per heavy atom. The third-order valence-electron chi connectivity index (χ3n) is 9.43. The molecule has 214 valence electrons. The summed E-state index contributed by atoms with van der Waals surface area (Å²) in [6, 6.07) is 40.8. The van der Waals surface area contributed by atoms with Gasteiger partial charge in [-0.1, -0.05) is 111 Å². The molecule has 6 aromatic carbocycles. The first-order valence-corrected chi connectivity index (χ1v) is 17.0. The number of benzene rings is 6. The van der Waals surface area contributed by atoms with Gasteiger partial charge in [-0.05, 0) is 78.2 Å². The fourth-order valence-electron chi connectivity index (χ4n) is 7.28. The Morgan fingerprint density at radius 2 is 0.956 bits per heavy atom. The minimum atomic E-state index is -0.0900. The second kappa shape index (κ2) is 10.1. The quantitative estimate of drug-likeness (QED) is 0.185. The van der Waals surface area contributed by atoms with Crippen molar-refractivity contribution >= 4 is 44.2 Å². The zero-order chi connectivity index (χ0) is 30.1. The van der Waals surface area contributed by atoms with Gasteiger partial charge in [0.15, 0.2) is 0 Å². The molecule has 4 heteroatoms. The lowest BCUT2D eigenvalue weighted by Gasteiger charge is -2.24. The number of rotatable bonds is 4. The maximum Gasteiger partial charge on any atom is 0.123 e. The van der Waals surface area contributed by atoms with Gasteiger partial charge in [-0.2, -0.15) is 0 Å². The van der Waals surface area contributed by atoms with Crippen molar-refractivity contribution in [3.63, 3.8) is 0 Å². The summed E-state index contributed by atoms with van der Waals surface area (Å²) in [7, 11) is 0. The van der Waals surface area contributed by atoms with Crippen molar-refractivity contribution in [1.82, 2.24) is 9.97 Å². The van der Waals surface area contributed by atoms with Crippen LogP contribution in [0.3, 0.4) is 0 Å². The molecule has 1 aliphatic rings. The van der Waals surface area contributed by atoms with Crippen molar-refractivity contribution < 1.29 is 0 Å². The Hall–Kier alpha value is -4.90. The molecule has 2 heterocycles. The average Bonchev–Trinajstić information content (AvgIpc) is 3.86. The lowest BCUT2D eigenvalue weighted by molar-refractivity contribution is 0.661. The van der Waals surface area contributed by atoms with Gasteiger partial charge in [-0.3, -0.25) is 0 Å². The maximum absolute atomic E-state index is 4.55. The second-order valence-electron chi connectivity index (χ2n) is 12.2. The monoisotopic (exact) mass is 612 g/mol. The minimum absolute atomic E-state index is 0.0900. The van der Waals surface area contributed by atoms with E-state index in [0.717, 1.165) is 21.1 Å². The van der Waals surface area contributed by atoms with E-state index in [1.54, 1.807) is 22.7 Å². The molecule has 0 bridgehead atoms. The Kier molecular flexibility index (Phi) is 5.93. The molecule has 0 atom stereocenters. The molecule has 0 saturated heterocycles. The van der Waals surface area contributed by atoms with Crippen molar-refractivity contribution in [3.8, 4) is 54.5 Å². The van der Waals surface area contributed by atoms with E-state index in [0.29, 0.717) is 0 Å². The first kappa shape index (κ1) is 26.5. The molecule has 0 aliphatic heterocycles. The largest absolute Gasteiger partial charge is 0.245 e. The summed E-state index contributed by atoms with van der Waals surface area (Å²) < 4.78 is 0. The zero-order valence-corrected chi connectivity index (χ0v) is 26.5. The fourth-order valence-corrected chi connectivity index (χ4v) is 8.57. The van der Waals surface area contributed by atoms with E-state index in [1.165, 1.54) is 66.1 Å². The van der Waals surface area contributed by atoms with E-state index in [9.17, 15) is 0 Å². The van der Waals surface area contributed by atoms with Gasteiger partial charge in [-0.15, -0.1) is 22.7 Å². The van der Waals surface area contributed by atoms with E-state index in [4.69, 9.17) is 0 Å². The van der Waals surface area contributed by atoms with Crippen molar-refractivity contribution in [3.05, 3.63) is 143 Å². The summed E-state index contributed by atoms with van der Waals surface area (Å²) in [5.74, 6) is 0. The van der Waals surface area contributed by atoms with E-state index < -0.39 is 0 Å². The standard InChI is InChI=1S/C41H28N2S2/c1-41(2)35-10-6-5-7-29(35)32-23-33-34(24-36(32)41)38(26-13-17-28(18-14-26)40-43-20-22-45-40)31-9-4-3-8-30(31)37(33)25-11-15-27(16-12-25)39-42-19-21-44-39/h3-24H,1-2H3. The highest BCUT2D eigenvalue weighted by Crippen LogP contribution is 2.53. The zero-order valence-electron chi connectivity index (χ0n) is 24.9. The number of fused-ring (bicyclic) bond motifs is 5. The molecule has 9 rings (SSSR count). The van der Waals surface area contributed by atoms with Gasteiger partial charge in [0.25, 0.3) is 0 Å². The molecule has 0 saturated carbocycles. The normalized spacial score (nSPS) is 13.3. The molecule has 0 amide bonds. The van der Waals surface area contributed by atoms with Crippen LogP contribution in [0.4, 0.5) is 0 Å². The number of aromatic nitrogens is 2. The Balaban J connectivity index is 1.37. The lowest BCUT2D eigenvalue weighted by Crippen LogP contribution is -2.14. The third-order valence-corrected chi connectivity index (χ3v) is 11.1. The van der Waals surface area contributed by atoms with Crippen LogP contribution in [0.1, 0.15) is 25.0 Å². The molecule has 0 fully saturated rings. The van der Waals surface area contributed by atoms with Crippen LogP contribution < -0.4 is 0 Å². The van der Waals surface area contributed by atoms with Crippen LogP contribution >= 0.6 is 22.7 Å². The average molecular weight is 613 g/mol. The van der Waals surface area contributed by atoms with Gasteiger partial charge >= 0.3 is 0 Å². The lowest BCUT2D eigenvalue weighted by atomic mass is 9.79. The SMILES string of the molecule is CC1(C)c2ccccc2-c2cc3c(-c4ccc(-c5nccs5)cc4)c4ccccc4c(-c4ccc(-c5nccs5)cc4)c3cc21. The molecular formula is C41H28N2S2. The van der Waals surface area contributed by atoms with E-state index in [1.807, 2.05) is 23.2 Å². The molecular weight excluding hydrogens is 585 g/mol. The predicted molar refractivity (Wildman–Crippen MR) is 192 cm³/mol. The van der Waals surface area contributed by atoms with Gasteiger partial charge in [0, 0.05) is 39.7 Å². The molecule has 0 N–H and O–H groups in total. The molecule has 2 aromatic heterocycles. The molecule has 45 heavy (non-hydrogen) atoms. The Labute approximate surface area is 270 Å². The Bertz CT molecular complexity index is 2370. The van der Waals surface area contributed by atoms with Gasteiger partial charge in [-0.25, -0.2) is 9.97 Å². The predicted octanol–water partition coefficient (Wildman–Crippen LogP) is 11.9. The molecule has 0 spiro atoms. The van der Waals surface area contributed by atoms with Crippen molar-refractivity contribution in [2.45, 2.75) is 19.3 Å². The first-order valence-electron chi connectivity index (χ1n) is 15.2. The van der Waals surface area contributed by atoms with Crippen molar-refractivity contribution in [2.24, 2.45) is 0 Å². The summed E-state index contributed by atoms with van der Waals surface area (Å²) in [5, 5.41) is 11.2. The van der Waals surface area contributed by atoms with Crippen LogP contribution in [-0.2, 0) is 5.41 Å². The summed E-state index contributed by atoms with van der Waals surface area (Å²) in [5.41, 5.74) is 12.7. The second-order valence-corrected chi connectivity index (χ2v) is 14.0. The number of thiazole rings is 2. The molecule has 0 unspecified atom stereocenters. The smallest absolute Gasteiger partial charge is 0.123 e. The fraction of sp³-hybridized carbons (Fsp3) is 0.0732. The van der Waals surface area contributed by atoms with E-state index >= 15 is 0 Å². The van der Waals surface area contributed by atoms with Crippen molar-refractivity contribution in [1.29, 1.82) is 0 Å². The van der Waals surface area contributed by atoms with E-state index in [-0.39, 0.29) is 5.41 Å². The highest BCUT2D eigenvalue weighted by Gasteiger charge is 2.36. The summed E-state index contributed by atoms with van der Waals surface area (Å²) in [4.78, 5) is 9.09. The van der Waals surface area contributed by atoms with E-state index in [2.05, 4.69) is 133 Å². The van der Waals surface area contributed by atoms with Crippen LogP contribution in [0.15, 0.2) is 132 Å². The minimum Gasteiger partial charge on any atom is -0.245 e. The van der Waals surface area contributed by atoms with Gasteiger partial charge in [0.1, 0.15) is 10.0 Å². The number of hydrogen-bond donors (Lipinski definition) is 0. The molecule has 8 aromatic rings. The molecule has 2 nitrogen and oxygen atoms in total. The summed E-state index contributed by atoms with van der Waals surface area (Å²) >= 11 is 3.35. The van der Waals surface area contributed by atoms with Crippen LogP contribution in [0, 0.1) is 0 Å². The van der Waals surface area contributed by atoms with Gasteiger partial charge < -0.3 is 0 Å². The highest BCUT2D eigenvalue weighted by molar-refractivity contribution is 7.13. The first-order chi connectivity index (χ1) is 22.1. The van der Waals surface area contributed by atoms with Crippen LogP contribution in [-0.4, -0.2) is 9.97 Å². The highest BCUT2D eigenvalue weighted by atomic mass is 32.1. The van der Waals surface area contributed by atoms with Crippen LogP contribution in [0.2, 0.25) is 0 Å². The van der Waals surface area contributed by atoms with Crippen molar-refractivity contribution in [2.75, 3.05) is 0 Å². The summed E-state index contributed by atoms with van der Waals surface area (Å²) in [6.07, 6.45) is 3.74. The number of hydrogen-bond acceptors (Lipinski definition) is 4. The maximum atomic E-state index is 4.55.